The summed E-state index contributed by atoms with van der Waals surface area (Å²) in [5.74, 6) is -1.11. The molecule has 0 aromatic heterocycles. The van der Waals surface area contributed by atoms with Crippen molar-refractivity contribution in [3.63, 3.8) is 0 Å². The topological polar surface area (TPSA) is 84.6 Å². The van der Waals surface area contributed by atoms with Gasteiger partial charge in [0, 0.05) is 0 Å². The molecule has 1 aliphatic heterocycles. The highest BCUT2D eigenvalue weighted by Gasteiger charge is 2.34. The summed E-state index contributed by atoms with van der Waals surface area (Å²) in [5.41, 5.74) is 4.94. The number of amidine groups is 1. The van der Waals surface area contributed by atoms with Crippen molar-refractivity contribution in [1.29, 1.82) is 0 Å². The average molecular weight is 197 g/mol. The molecule has 0 bridgehead atoms. The van der Waals surface area contributed by atoms with Crippen LogP contribution in [0.25, 0.3) is 0 Å². The minimum absolute atomic E-state index is 0.247. The molecule has 0 fully saturated rings. The Bertz CT molecular complexity index is 302. The third kappa shape index (κ3) is 1.98. The quantitative estimate of drug-likeness (QED) is 0.601. The maximum atomic E-state index is 11.4. The van der Waals surface area contributed by atoms with Gasteiger partial charge in [0.1, 0.15) is 11.8 Å². The number of nitrogens with one attached hydrogen (secondary N) is 1. The first-order valence-corrected chi connectivity index (χ1v) is 4.59. The van der Waals surface area contributed by atoms with E-state index in [2.05, 4.69) is 10.3 Å². The van der Waals surface area contributed by atoms with E-state index in [-0.39, 0.29) is 11.7 Å². The maximum absolute atomic E-state index is 11.4. The Kier molecular flexibility index (Phi) is 2.71. The molecule has 0 saturated heterocycles. The molecule has 78 valence electrons. The number of hydrogen-bond donors (Lipinski definition) is 2. The number of nitrogens with zero attached hydrogens (tertiary/aromatic N) is 1. The zero-order chi connectivity index (χ0) is 10.9. The Labute approximate surface area is 82.8 Å². The van der Waals surface area contributed by atoms with Crippen LogP contribution in [0.2, 0.25) is 0 Å². The van der Waals surface area contributed by atoms with Crippen LogP contribution in [0, 0.1) is 5.92 Å². The molecular formula is C9H15N3O2. The molecule has 0 aliphatic carbocycles. The van der Waals surface area contributed by atoms with Crippen molar-refractivity contribution in [2.45, 2.75) is 32.7 Å². The van der Waals surface area contributed by atoms with Gasteiger partial charge in [0.15, 0.2) is 0 Å². The first-order valence-electron chi connectivity index (χ1n) is 4.59. The van der Waals surface area contributed by atoms with Gasteiger partial charge in [-0.25, -0.2) is 0 Å². The van der Waals surface area contributed by atoms with Gasteiger partial charge in [-0.3, -0.25) is 9.59 Å². The van der Waals surface area contributed by atoms with Crippen molar-refractivity contribution in [2.24, 2.45) is 16.6 Å². The van der Waals surface area contributed by atoms with E-state index >= 15 is 0 Å². The molecule has 3 N–H and O–H groups in total. The summed E-state index contributed by atoms with van der Waals surface area (Å²) >= 11 is 0. The number of aliphatic imine (C=N–C) groups is 1. The second kappa shape index (κ2) is 3.49. The molecule has 1 unspecified atom stereocenters. The van der Waals surface area contributed by atoms with E-state index in [1.165, 1.54) is 0 Å². The van der Waals surface area contributed by atoms with Gasteiger partial charge in [0.2, 0.25) is 5.91 Å². The fraction of sp³-hybridized carbons (Fsp3) is 0.667. The van der Waals surface area contributed by atoms with Crippen LogP contribution in [0.5, 0.6) is 0 Å². The zero-order valence-corrected chi connectivity index (χ0v) is 8.63. The monoisotopic (exact) mass is 197 g/mol. The summed E-state index contributed by atoms with van der Waals surface area (Å²) in [7, 11) is 0. The van der Waals surface area contributed by atoms with Crippen LogP contribution in [0.15, 0.2) is 4.99 Å². The largest absolute Gasteiger partial charge is 0.319 e. The van der Waals surface area contributed by atoms with Crippen LogP contribution in [0.3, 0.4) is 0 Å². The molecule has 1 aliphatic rings. The molecular weight excluding hydrogens is 182 g/mol. The number of amides is 2. The van der Waals surface area contributed by atoms with E-state index in [0.29, 0.717) is 6.42 Å². The first kappa shape index (κ1) is 10.8. The van der Waals surface area contributed by atoms with Gasteiger partial charge in [-0.05, 0) is 20.3 Å². The molecule has 2 amide bonds. The Morgan fingerprint density at radius 3 is 2.43 bits per heavy atom. The smallest absolute Gasteiger partial charge is 0.259 e. The molecule has 0 saturated carbocycles. The zero-order valence-electron chi connectivity index (χ0n) is 8.63. The van der Waals surface area contributed by atoms with Crippen LogP contribution in [-0.4, -0.2) is 23.2 Å². The van der Waals surface area contributed by atoms with Crippen molar-refractivity contribution in [3.8, 4) is 0 Å². The number of nitrogens with two attached hydrogens (primary N) is 1. The first-order chi connectivity index (χ1) is 6.36. The summed E-state index contributed by atoms with van der Waals surface area (Å²) < 4.78 is 0. The average Bonchev–Trinajstić information content (AvgIpc) is 2.01. The van der Waals surface area contributed by atoms with Gasteiger partial charge < -0.3 is 11.1 Å². The lowest BCUT2D eigenvalue weighted by Crippen LogP contribution is -2.56. The highest BCUT2D eigenvalue weighted by atomic mass is 16.2. The second-order valence-corrected chi connectivity index (χ2v) is 3.97. The van der Waals surface area contributed by atoms with Crippen molar-refractivity contribution >= 4 is 17.6 Å². The highest BCUT2D eigenvalue weighted by Crippen LogP contribution is 2.12. The van der Waals surface area contributed by atoms with Crippen LogP contribution in [0.4, 0.5) is 0 Å². The SMILES string of the molecule is CCC1C(=O)N=C(C(C)(C)N)NC1=O. The minimum atomic E-state index is -0.788. The fourth-order valence-corrected chi connectivity index (χ4v) is 1.20. The van der Waals surface area contributed by atoms with Gasteiger partial charge >= 0.3 is 0 Å². The predicted molar refractivity (Wildman–Crippen MR) is 52.6 cm³/mol. The molecule has 0 spiro atoms. The highest BCUT2D eigenvalue weighted by molar-refractivity contribution is 6.17. The molecule has 1 rings (SSSR count). The van der Waals surface area contributed by atoms with Crippen molar-refractivity contribution in [1.82, 2.24) is 5.32 Å². The summed E-state index contributed by atoms with van der Waals surface area (Å²) in [6.45, 7) is 5.15. The molecule has 5 nitrogen and oxygen atoms in total. The number of carbonyl (C=O) groups is 2. The third-order valence-electron chi connectivity index (χ3n) is 2.10. The van der Waals surface area contributed by atoms with E-state index in [0.717, 1.165) is 0 Å². The van der Waals surface area contributed by atoms with Gasteiger partial charge in [-0.15, -0.1) is 0 Å². The lowest BCUT2D eigenvalue weighted by Gasteiger charge is -2.26. The Hall–Kier alpha value is -1.23. The lowest BCUT2D eigenvalue weighted by atomic mass is 9.99. The second-order valence-electron chi connectivity index (χ2n) is 3.97. The summed E-state index contributed by atoms with van der Waals surface area (Å²) in [5, 5.41) is 2.55. The molecule has 0 aromatic carbocycles. The third-order valence-corrected chi connectivity index (χ3v) is 2.10. The number of hydrogen-bond acceptors (Lipinski definition) is 3. The van der Waals surface area contributed by atoms with E-state index in [4.69, 9.17) is 5.73 Å². The maximum Gasteiger partial charge on any atom is 0.259 e. The molecule has 1 atom stereocenters. The van der Waals surface area contributed by atoms with E-state index in [9.17, 15) is 9.59 Å². The minimum Gasteiger partial charge on any atom is -0.319 e. The van der Waals surface area contributed by atoms with Gasteiger partial charge in [-0.2, -0.15) is 4.99 Å². The van der Waals surface area contributed by atoms with Crippen LogP contribution >= 0.6 is 0 Å². The molecule has 0 aromatic rings. The number of carbonyl (C=O) groups excluding carboxylic acids is 2. The van der Waals surface area contributed by atoms with Crippen molar-refractivity contribution < 1.29 is 9.59 Å². The summed E-state index contributed by atoms with van der Waals surface area (Å²) in [6.07, 6.45) is 0.465. The Morgan fingerprint density at radius 1 is 1.50 bits per heavy atom. The summed E-state index contributed by atoms with van der Waals surface area (Å²) in [4.78, 5) is 26.6. The van der Waals surface area contributed by atoms with E-state index < -0.39 is 17.4 Å². The van der Waals surface area contributed by atoms with Gasteiger partial charge in [-0.1, -0.05) is 6.92 Å². The Balaban J connectivity index is 2.97. The fourth-order valence-electron chi connectivity index (χ4n) is 1.20. The van der Waals surface area contributed by atoms with E-state index in [1.54, 1.807) is 20.8 Å². The van der Waals surface area contributed by atoms with Gasteiger partial charge in [0.25, 0.3) is 5.91 Å². The van der Waals surface area contributed by atoms with Crippen molar-refractivity contribution in [2.75, 3.05) is 0 Å². The van der Waals surface area contributed by atoms with Gasteiger partial charge in [0.05, 0.1) is 5.54 Å². The molecule has 14 heavy (non-hydrogen) atoms. The molecule has 5 heteroatoms. The van der Waals surface area contributed by atoms with Crippen molar-refractivity contribution in [3.05, 3.63) is 0 Å². The van der Waals surface area contributed by atoms with Crippen LogP contribution in [-0.2, 0) is 9.59 Å². The van der Waals surface area contributed by atoms with E-state index in [1.807, 2.05) is 0 Å². The Morgan fingerprint density at radius 2 is 2.07 bits per heavy atom. The summed E-state index contributed by atoms with van der Waals surface area (Å²) in [6, 6.07) is 0. The van der Waals surface area contributed by atoms with Crippen LogP contribution < -0.4 is 11.1 Å². The van der Waals surface area contributed by atoms with Crippen LogP contribution in [0.1, 0.15) is 27.2 Å². The predicted octanol–water partition coefficient (Wildman–Crippen LogP) is -0.195. The normalized spacial score (nSPS) is 23.1. The molecule has 0 radical (unpaired) electrons. The standard InChI is InChI=1S/C9H15N3O2/c1-4-5-6(13)11-8(9(2,3)10)12-7(5)14/h5H,4,10H2,1-3H3,(H,11,12,13,14). The number of rotatable bonds is 2. The lowest BCUT2D eigenvalue weighted by molar-refractivity contribution is -0.133. The molecule has 1 heterocycles.